The third-order valence-electron chi connectivity index (χ3n) is 2.55. The molecule has 0 spiro atoms. The van der Waals surface area contributed by atoms with Crippen LogP contribution in [-0.2, 0) is 22.9 Å². The van der Waals surface area contributed by atoms with E-state index in [1.165, 1.54) is 0 Å². The molecule has 0 amide bonds. The smallest absolute Gasteiger partial charge is 0.307 e. The molecule has 0 radical (unpaired) electrons. The standard InChI is InChI=1S/C13H16NO4PS/c1-3-17-19(16,18-4-2)13(10-15,20-11-14)12-8-6-5-7-9-12/h5-10H,3-4H2,1-2H3. The van der Waals surface area contributed by atoms with E-state index in [0.717, 1.165) is 0 Å². The van der Waals surface area contributed by atoms with Gasteiger partial charge in [0.25, 0.3) is 0 Å². The fourth-order valence-corrected chi connectivity index (χ4v) is 4.80. The lowest BCUT2D eigenvalue weighted by Gasteiger charge is -2.32. The van der Waals surface area contributed by atoms with Gasteiger partial charge in [-0.15, -0.1) is 0 Å². The van der Waals surface area contributed by atoms with Crippen molar-refractivity contribution in [1.29, 1.82) is 5.26 Å². The Morgan fingerprint density at radius 1 is 1.30 bits per heavy atom. The normalized spacial score (nSPS) is 14.2. The van der Waals surface area contributed by atoms with Gasteiger partial charge in [0.2, 0.25) is 4.49 Å². The Bertz CT molecular complexity index is 521. The maximum absolute atomic E-state index is 13.0. The first-order valence-electron chi connectivity index (χ1n) is 6.08. The number of hydrogen-bond acceptors (Lipinski definition) is 6. The van der Waals surface area contributed by atoms with Gasteiger partial charge in [-0.1, -0.05) is 30.3 Å². The molecule has 0 aliphatic carbocycles. The molecule has 1 aromatic rings. The van der Waals surface area contributed by atoms with Gasteiger partial charge >= 0.3 is 7.60 Å². The fourth-order valence-electron chi connectivity index (χ4n) is 1.75. The molecule has 0 aliphatic heterocycles. The van der Waals surface area contributed by atoms with Gasteiger partial charge in [-0.2, -0.15) is 5.26 Å². The Kier molecular flexibility index (Phi) is 6.44. The van der Waals surface area contributed by atoms with Crippen molar-refractivity contribution in [2.24, 2.45) is 0 Å². The summed E-state index contributed by atoms with van der Waals surface area (Å²) in [6, 6.07) is 8.43. The zero-order chi connectivity index (χ0) is 15.1. The highest BCUT2D eigenvalue weighted by Crippen LogP contribution is 2.68. The Morgan fingerprint density at radius 2 is 1.85 bits per heavy atom. The predicted molar refractivity (Wildman–Crippen MR) is 78.2 cm³/mol. The molecule has 0 heterocycles. The maximum Gasteiger partial charge on any atom is 0.359 e. The average molecular weight is 313 g/mol. The minimum absolute atomic E-state index is 0.117. The van der Waals surface area contributed by atoms with E-state index in [2.05, 4.69) is 0 Å². The van der Waals surface area contributed by atoms with E-state index < -0.39 is 12.1 Å². The van der Waals surface area contributed by atoms with Crippen LogP contribution in [0.4, 0.5) is 0 Å². The molecule has 0 bridgehead atoms. The highest BCUT2D eigenvalue weighted by molar-refractivity contribution is 8.10. The molecule has 1 aromatic carbocycles. The van der Waals surface area contributed by atoms with Gasteiger partial charge in [-0.25, -0.2) is 0 Å². The largest absolute Gasteiger partial charge is 0.359 e. The summed E-state index contributed by atoms with van der Waals surface area (Å²) < 4.78 is 21.9. The molecule has 0 saturated heterocycles. The minimum Gasteiger partial charge on any atom is -0.307 e. The molecule has 0 fully saturated rings. The summed E-state index contributed by atoms with van der Waals surface area (Å²) in [5.74, 6) is 0. The quantitative estimate of drug-likeness (QED) is 0.415. The van der Waals surface area contributed by atoms with Gasteiger partial charge < -0.3 is 13.8 Å². The van der Waals surface area contributed by atoms with Crippen LogP contribution in [0.15, 0.2) is 30.3 Å². The summed E-state index contributed by atoms with van der Waals surface area (Å²) in [5, 5.41) is 10.8. The fraction of sp³-hybridized carbons (Fsp3) is 0.385. The van der Waals surface area contributed by atoms with E-state index in [-0.39, 0.29) is 13.2 Å². The number of benzene rings is 1. The van der Waals surface area contributed by atoms with Crippen molar-refractivity contribution >= 4 is 25.6 Å². The van der Waals surface area contributed by atoms with E-state index in [1.807, 2.05) is 5.40 Å². The molecular formula is C13H16NO4PS. The number of rotatable bonds is 8. The van der Waals surface area contributed by atoms with Crippen molar-refractivity contribution in [2.75, 3.05) is 13.2 Å². The van der Waals surface area contributed by atoms with Crippen molar-refractivity contribution in [3.05, 3.63) is 35.9 Å². The second-order valence-corrected chi connectivity index (χ2v) is 7.26. The number of thioether (sulfide) groups is 1. The number of nitrogens with zero attached hydrogens (tertiary/aromatic N) is 1. The molecule has 1 atom stereocenters. The summed E-state index contributed by atoms with van der Waals surface area (Å²) in [4.78, 5) is 11.7. The highest BCUT2D eigenvalue weighted by Gasteiger charge is 2.54. The lowest BCUT2D eigenvalue weighted by molar-refractivity contribution is -0.108. The van der Waals surface area contributed by atoms with Crippen LogP contribution in [0.1, 0.15) is 19.4 Å². The van der Waals surface area contributed by atoms with Crippen LogP contribution < -0.4 is 0 Å². The van der Waals surface area contributed by atoms with Crippen molar-refractivity contribution in [3.8, 4) is 5.40 Å². The summed E-state index contributed by atoms with van der Waals surface area (Å²) in [6.07, 6.45) is 0.475. The Hall–Kier alpha value is -1.12. The molecule has 20 heavy (non-hydrogen) atoms. The lowest BCUT2D eigenvalue weighted by atomic mass is 10.1. The Labute approximate surface area is 122 Å². The van der Waals surface area contributed by atoms with E-state index >= 15 is 0 Å². The second kappa shape index (κ2) is 7.61. The molecule has 1 rings (SSSR count). The van der Waals surface area contributed by atoms with Gasteiger partial charge in [0.1, 0.15) is 5.40 Å². The predicted octanol–water partition coefficient (Wildman–Crippen LogP) is 3.52. The number of carbonyl (C=O) groups is 1. The van der Waals surface area contributed by atoms with Crippen molar-refractivity contribution in [1.82, 2.24) is 0 Å². The second-order valence-electron chi connectivity index (χ2n) is 3.71. The molecule has 0 aromatic heterocycles. The first-order chi connectivity index (χ1) is 9.60. The first-order valence-corrected chi connectivity index (χ1v) is 8.44. The van der Waals surface area contributed by atoms with E-state index in [9.17, 15) is 9.36 Å². The third-order valence-corrected chi connectivity index (χ3v) is 6.61. The topological polar surface area (TPSA) is 76.4 Å². The molecule has 0 saturated carbocycles. The van der Waals surface area contributed by atoms with Crippen LogP contribution in [0.25, 0.3) is 0 Å². The van der Waals surface area contributed by atoms with Crippen LogP contribution in [0, 0.1) is 10.7 Å². The molecule has 7 heteroatoms. The van der Waals surface area contributed by atoms with E-state index in [4.69, 9.17) is 14.3 Å². The molecule has 108 valence electrons. The first kappa shape index (κ1) is 16.9. The lowest BCUT2D eigenvalue weighted by Crippen LogP contribution is -2.26. The van der Waals surface area contributed by atoms with Crippen molar-refractivity contribution in [3.63, 3.8) is 0 Å². The monoisotopic (exact) mass is 313 g/mol. The zero-order valence-corrected chi connectivity index (χ0v) is 13.0. The van der Waals surface area contributed by atoms with Crippen LogP contribution in [0.5, 0.6) is 0 Å². The molecular weight excluding hydrogens is 297 g/mol. The number of carbonyl (C=O) groups excluding carboxylic acids is 1. The van der Waals surface area contributed by atoms with Gasteiger partial charge in [-0.05, 0) is 31.2 Å². The Balaban J connectivity index is 3.47. The number of hydrogen-bond donors (Lipinski definition) is 0. The van der Waals surface area contributed by atoms with Crippen LogP contribution >= 0.6 is 19.4 Å². The minimum atomic E-state index is -3.83. The van der Waals surface area contributed by atoms with Crippen LogP contribution in [0.2, 0.25) is 0 Å². The summed E-state index contributed by atoms with van der Waals surface area (Å²) in [7, 11) is -3.83. The number of aldehydes is 1. The van der Waals surface area contributed by atoms with Gasteiger partial charge in [-0.3, -0.25) is 4.57 Å². The van der Waals surface area contributed by atoms with Crippen LogP contribution in [-0.4, -0.2) is 19.5 Å². The number of nitriles is 1. The summed E-state index contributed by atoms with van der Waals surface area (Å²) in [5.41, 5.74) is 0.423. The number of thiocyanates is 1. The average Bonchev–Trinajstić information content (AvgIpc) is 2.46. The van der Waals surface area contributed by atoms with E-state index in [0.29, 0.717) is 23.6 Å². The van der Waals surface area contributed by atoms with Gasteiger partial charge in [0, 0.05) is 0 Å². The molecule has 1 unspecified atom stereocenters. The third kappa shape index (κ3) is 3.13. The molecule has 0 aliphatic rings. The SMILES string of the molecule is CCOP(=O)(OCC)C(C=O)(SC#N)c1ccccc1. The van der Waals surface area contributed by atoms with Gasteiger partial charge in [0.15, 0.2) is 6.29 Å². The van der Waals surface area contributed by atoms with Crippen molar-refractivity contribution in [2.45, 2.75) is 18.3 Å². The van der Waals surface area contributed by atoms with Gasteiger partial charge in [0.05, 0.1) is 13.2 Å². The van der Waals surface area contributed by atoms with Crippen molar-refractivity contribution < 1.29 is 18.4 Å². The highest BCUT2D eigenvalue weighted by atomic mass is 32.2. The summed E-state index contributed by atoms with van der Waals surface area (Å²) >= 11 is 0.588. The molecule has 5 nitrogen and oxygen atoms in total. The van der Waals surface area contributed by atoms with E-state index in [1.54, 1.807) is 44.2 Å². The van der Waals surface area contributed by atoms with Crippen LogP contribution in [0.3, 0.4) is 0 Å². The molecule has 0 N–H and O–H groups in total. The summed E-state index contributed by atoms with van der Waals surface area (Å²) in [6.45, 7) is 3.55. The Morgan fingerprint density at radius 3 is 2.25 bits per heavy atom. The zero-order valence-electron chi connectivity index (χ0n) is 11.3. The maximum atomic E-state index is 13.0.